The van der Waals surface area contributed by atoms with E-state index < -0.39 is 17.9 Å². The molecule has 3 amide bonds. The zero-order valence-corrected chi connectivity index (χ0v) is 10.5. The molecule has 6 nitrogen and oxygen atoms in total. The van der Waals surface area contributed by atoms with Crippen molar-refractivity contribution >= 4 is 17.9 Å². The number of carboxylic acid groups (broad SMARTS) is 1. The van der Waals surface area contributed by atoms with Gasteiger partial charge in [0, 0.05) is 26.4 Å². The van der Waals surface area contributed by atoms with Crippen molar-refractivity contribution in [3.8, 4) is 0 Å². The van der Waals surface area contributed by atoms with E-state index in [-0.39, 0.29) is 19.3 Å². The SMILES string of the molecule is CC(C)CN(C)C(=O)NC(=O)CCCC(=O)O. The standard InChI is InChI=1S/C11H20N2O4/c1-8(2)7-13(3)11(17)12-9(14)5-4-6-10(15)16/h8H,4-7H2,1-3H3,(H,15,16)(H,12,14,17). The fourth-order valence-corrected chi connectivity index (χ4v) is 1.31. The molecule has 0 saturated heterocycles. The largest absolute Gasteiger partial charge is 0.481 e. The Morgan fingerprint density at radius 2 is 1.82 bits per heavy atom. The van der Waals surface area contributed by atoms with Crippen molar-refractivity contribution in [2.24, 2.45) is 5.92 Å². The van der Waals surface area contributed by atoms with Crippen molar-refractivity contribution in [3.63, 3.8) is 0 Å². The van der Waals surface area contributed by atoms with E-state index in [9.17, 15) is 14.4 Å². The Hall–Kier alpha value is -1.59. The highest BCUT2D eigenvalue weighted by Gasteiger charge is 2.13. The quantitative estimate of drug-likeness (QED) is 0.731. The van der Waals surface area contributed by atoms with Crippen LogP contribution in [0.15, 0.2) is 0 Å². The molecule has 0 fully saturated rings. The number of nitrogens with zero attached hydrogens (tertiary/aromatic N) is 1. The first kappa shape index (κ1) is 15.4. The van der Waals surface area contributed by atoms with Crippen LogP contribution < -0.4 is 5.32 Å². The summed E-state index contributed by atoms with van der Waals surface area (Å²) in [6.07, 6.45) is 0.222. The minimum absolute atomic E-state index is 0.0492. The molecule has 2 N–H and O–H groups in total. The molecule has 6 heteroatoms. The minimum atomic E-state index is -0.943. The first-order valence-corrected chi connectivity index (χ1v) is 5.59. The van der Waals surface area contributed by atoms with Gasteiger partial charge in [0.15, 0.2) is 0 Å². The Bertz CT molecular complexity index is 289. The second kappa shape index (κ2) is 7.65. The van der Waals surface area contributed by atoms with Gasteiger partial charge in [-0.05, 0) is 12.3 Å². The summed E-state index contributed by atoms with van der Waals surface area (Å²) in [5, 5.41) is 10.6. The summed E-state index contributed by atoms with van der Waals surface area (Å²) in [5.41, 5.74) is 0. The van der Waals surface area contributed by atoms with Crippen molar-refractivity contribution in [2.45, 2.75) is 33.1 Å². The number of nitrogens with one attached hydrogen (secondary N) is 1. The molecule has 17 heavy (non-hydrogen) atoms. The number of carbonyl (C=O) groups excluding carboxylic acids is 2. The van der Waals surface area contributed by atoms with Crippen LogP contribution >= 0.6 is 0 Å². The number of hydrogen-bond donors (Lipinski definition) is 2. The fourth-order valence-electron chi connectivity index (χ4n) is 1.31. The molecule has 0 atom stereocenters. The van der Waals surface area contributed by atoms with E-state index in [0.717, 1.165) is 0 Å². The maximum atomic E-state index is 11.5. The maximum absolute atomic E-state index is 11.5. The topological polar surface area (TPSA) is 86.7 Å². The molecule has 0 unspecified atom stereocenters. The Morgan fingerprint density at radius 1 is 1.24 bits per heavy atom. The van der Waals surface area contributed by atoms with Crippen molar-refractivity contribution in [1.82, 2.24) is 10.2 Å². The highest BCUT2D eigenvalue weighted by atomic mass is 16.4. The van der Waals surface area contributed by atoms with Gasteiger partial charge >= 0.3 is 12.0 Å². The molecule has 0 aliphatic carbocycles. The van der Waals surface area contributed by atoms with Crippen molar-refractivity contribution in [2.75, 3.05) is 13.6 Å². The lowest BCUT2D eigenvalue weighted by Gasteiger charge is -2.19. The van der Waals surface area contributed by atoms with Crippen LogP contribution in [0.4, 0.5) is 4.79 Å². The number of hydrogen-bond acceptors (Lipinski definition) is 3. The number of imide groups is 1. The highest BCUT2D eigenvalue weighted by Crippen LogP contribution is 1.98. The van der Waals surface area contributed by atoms with Crippen LogP contribution in [0.3, 0.4) is 0 Å². The molecule has 0 radical (unpaired) electrons. The molecule has 0 aromatic rings. The van der Waals surface area contributed by atoms with E-state index in [1.165, 1.54) is 4.90 Å². The van der Waals surface area contributed by atoms with Gasteiger partial charge in [-0.2, -0.15) is 0 Å². The Morgan fingerprint density at radius 3 is 2.29 bits per heavy atom. The van der Waals surface area contributed by atoms with E-state index in [4.69, 9.17) is 5.11 Å². The molecule has 98 valence electrons. The predicted octanol–water partition coefficient (Wildman–Crippen LogP) is 1.07. The lowest BCUT2D eigenvalue weighted by molar-refractivity contribution is -0.137. The predicted molar refractivity (Wildman–Crippen MR) is 62.5 cm³/mol. The van der Waals surface area contributed by atoms with Crippen LogP contribution in [0.5, 0.6) is 0 Å². The molecule has 0 bridgehead atoms. The van der Waals surface area contributed by atoms with Crippen LogP contribution in [0, 0.1) is 5.92 Å². The Labute approximate surface area is 101 Å². The van der Waals surface area contributed by atoms with E-state index in [1.807, 2.05) is 13.8 Å². The van der Waals surface area contributed by atoms with Crippen LogP contribution in [0.25, 0.3) is 0 Å². The summed E-state index contributed by atoms with van der Waals surface area (Å²) in [6.45, 7) is 4.51. The molecular weight excluding hydrogens is 224 g/mol. The summed E-state index contributed by atoms with van der Waals surface area (Å²) in [5.74, 6) is -1.05. The van der Waals surface area contributed by atoms with Gasteiger partial charge < -0.3 is 10.0 Å². The zero-order chi connectivity index (χ0) is 13.4. The molecule has 0 heterocycles. The van der Waals surface area contributed by atoms with Crippen LogP contribution in [-0.4, -0.2) is 41.5 Å². The first-order chi connectivity index (χ1) is 7.82. The number of carbonyl (C=O) groups is 3. The van der Waals surface area contributed by atoms with Gasteiger partial charge in [0.2, 0.25) is 5.91 Å². The molecule has 0 spiro atoms. The average molecular weight is 244 g/mol. The second-order valence-electron chi connectivity index (χ2n) is 4.37. The third kappa shape index (κ3) is 8.24. The molecule has 0 aromatic heterocycles. The fraction of sp³-hybridized carbons (Fsp3) is 0.727. The lowest BCUT2D eigenvalue weighted by Crippen LogP contribution is -2.42. The van der Waals surface area contributed by atoms with Gasteiger partial charge in [-0.1, -0.05) is 13.8 Å². The number of carboxylic acids is 1. The molecule has 0 aliphatic heterocycles. The van der Waals surface area contributed by atoms with E-state index >= 15 is 0 Å². The van der Waals surface area contributed by atoms with Crippen LogP contribution in [0.2, 0.25) is 0 Å². The lowest BCUT2D eigenvalue weighted by atomic mass is 10.2. The van der Waals surface area contributed by atoms with Gasteiger partial charge in [-0.15, -0.1) is 0 Å². The molecule has 0 saturated carbocycles. The molecule has 0 aromatic carbocycles. The van der Waals surface area contributed by atoms with Crippen molar-refractivity contribution in [1.29, 1.82) is 0 Å². The van der Waals surface area contributed by atoms with E-state index in [1.54, 1.807) is 7.05 Å². The zero-order valence-electron chi connectivity index (χ0n) is 10.5. The van der Waals surface area contributed by atoms with Gasteiger partial charge in [-0.25, -0.2) is 4.79 Å². The smallest absolute Gasteiger partial charge is 0.323 e. The van der Waals surface area contributed by atoms with Gasteiger partial charge in [0.1, 0.15) is 0 Å². The third-order valence-corrected chi connectivity index (χ3v) is 2.03. The number of amides is 3. The monoisotopic (exact) mass is 244 g/mol. The second-order valence-corrected chi connectivity index (χ2v) is 4.37. The number of urea groups is 1. The maximum Gasteiger partial charge on any atom is 0.323 e. The first-order valence-electron chi connectivity index (χ1n) is 5.59. The normalized spacial score (nSPS) is 10.1. The summed E-state index contributed by atoms with van der Waals surface area (Å²) < 4.78 is 0. The average Bonchev–Trinajstić information content (AvgIpc) is 2.15. The van der Waals surface area contributed by atoms with Crippen LogP contribution in [0.1, 0.15) is 33.1 Å². The van der Waals surface area contributed by atoms with E-state index in [2.05, 4.69) is 5.32 Å². The van der Waals surface area contributed by atoms with Gasteiger partial charge in [0.05, 0.1) is 0 Å². The molecular formula is C11H20N2O4. The summed E-state index contributed by atoms with van der Waals surface area (Å²) >= 11 is 0. The van der Waals surface area contributed by atoms with Crippen LogP contribution in [-0.2, 0) is 9.59 Å². The highest BCUT2D eigenvalue weighted by molar-refractivity contribution is 5.94. The summed E-state index contributed by atoms with van der Waals surface area (Å²) in [6, 6.07) is -0.445. The van der Waals surface area contributed by atoms with E-state index in [0.29, 0.717) is 12.5 Å². The van der Waals surface area contributed by atoms with Gasteiger partial charge in [-0.3, -0.25) is 14.9 Å². The Kier molecular flexibility index (Phi) is 6.93. The minimum Gasteiger partial charge on any atom is -0.481 e. The van der Waals surface area contributed by atoms with Gasteiger partial charge in [0.25, 0.3) is 0 Å². The molecule has 0 rings (SSSR count). The number of rotatable bonds is 6. The third-order valence-electron chi connectivity index (χ3n) is 2.03. The number of aliphatic carboxylic acids is 1. The van der Waals surface area contributed by atoms with Crippen molar-refractivity contribution in [3.05, 3.63) is 0 Å². The van der Waals surface area contributed by atoms with Crippen molar-refractivity contribution < 1.29 is 19.5 Å². The summed E-state index contributed by atoms with van der Waals surface area (Å²) in [4.78, 5) is 34.4. The Balaban J connectivity index is 3.87. The summed E-state index contributed by atoms with van der Waals surface area (Å²) in [7, 11) is 1.61. The molecule has 0 aliphatic rings.